The lowest BCUT2D eigenvalue weighted by Gasteiger charge is -2.42. The molecular formula is C24H26N8O3S. The van der Waals surface area contributed by atoms with E-state index in [1.165, 1.54) is 0 Å². The van der Waals surface area contributed by atoms with Crippen LogP contribution in [-0.4, -0.2) is 80.1 Å². The van der Waals surface area contributed by atoms with E-state index in [0.29, 0.717) is 50.8 Å². The van der Waals surface area contributed by atoms with Gasteiger partial charge in [-0.25, -0.2) is 9.78 Å². The molecule has 11 nitrogen and oxygen atoms in total. The maximum atomic E-state index is 13.2. The Bertz CT molecular complexity index is 1330. The second kappa shape index (κ2) is 9.34. The molecule has 0 aromatic carbocycles. The minimum absolute atomic E-state index is 0.0138. The Kier molecular flexibility index (Phi) is 5.88. The fourth-order valence-corrected chi connectivity index (χ4v) is 6.03. The molecule has 3 amide bonds. The maximum Gasteiger partial charge on any atom is 0.322 e. The molecule has 12 heteroatoms. The fraction of sp³-hybridized carbons (Fsp3) is 0.417. The summed E-state index contributed by atoms with van der Waals surface area (Å²) in [5, 5.41) is 7.29. The van der Waals surface area contributed by atoms with Crippen LogP contribution in [0.4, 0.5) is 15.6 Å². The van der Waals surface area contributed by atoms with Gasteiger partial charge in [0, 0.05) is 81.2 Å². The number of piperazine rings is 1. The van der Waals surface area contributed by atoms with E-state index in [1.54, 1.807) is 28.1 Å². The largest absolute Gasteiger partial charge is 0.353 e. The first-order valence-electron chi connectivity index (χ1n) is 12.1. The lowest BCUT2D eigenvalue weighted by atomic mass is 9.83. The van der Waals surface area contributed by atoms with E-state index in [9.17, 15) is 14.4 Å². The van der Waals surface area contributed by atoms with E-state index in [1.807, 2.05) is 28.8 Å². The molecule has 186 valence electrons. The number of hydrogen-bond acceptors (Lipinski definition) is 8. The van der Waals surface area contributed by atoms with Gasteiger partial charge in [0.1, 0.15) is 5.82 Å². The number of piperidine rings is 1. The van der Waals surface area contributed by atoms with Gasteiger partial charge in [0.05, 0.1) is 0 Å². The zero-order valence-corrected chi connectivity index (χ0v) is 20.4. The first-order chi connectivity index (χ1) is 17.6. The highest BCUT2D eigenvalue weighted by atomic mass is 32.1. The van der Waals surface area contributed by atoms with Gasteiger partial charge in [-0.15, -0.1) is 5.10 Å². The molecule has 0 aliphatic carbocycles. The number of urea groups is 1. The highest BCUT2D eigenvalue weighted by Crippen LogP contribution is 2.35. The fourth-order valence-electron chi connectivity index (χ4n) is 5.48. The molecule has 6 heterocycles. The number of rotatable bonds is 3. The molecule has 6 rings (SSSR count). The Morgan fingerprint density at radius 2 is 1.83 bits per heavy atom. The van der Waals surface area contributed by atoms with E-state index in [0.717, 1.165) is 29.5 Å². The summed E-state index contributed by atoms with van der Waals surface area (Å²) in [6.45, 7) is 4.12. The number of anilines is 2. The van der Waals surface area contributed by atoms with Gasteiger partial charge in [-0.2, -0.15) is 0 Å². The van der Waals surface area contributed by atoms with Gasteiger partial charge in [0.15, 0.2) is 10.7 Å². The second-order valence-electron chi connectivity index (χ2n) is 9.45. The van der Waals surface area contributed by atoms with E-state index in [-0.39, 0.29) is 35.0 Å². The van der Waals surface area contributed by atoms with Gasteiger partial charge in [0.2, 0.25) is 0 Å². The SMILES string of the molecule is O=C(Nc1snnc1C(=O)N1CCN(c2ccccn2)CC1)N1C[C@@H]2C[C@@H](C1)c1cccc(=O)n1C2. The van der Waals surface area contributed by atoms with Crippen LogP contribution in [0.1, 0.15) is 28.5 Å². The molecule has 3 aliphatic heterocycles. The Labute approximate surface area is 211 Å². The Morgan fingerprint density at radius 1 is 0.972 bits per heavy atom. The van der Waals surface area contributed by atoms with Gasteiger partial charge >= 0.3 is 6.03 Å². The molecule has 2 atom stereocenters. The first kappa shape index (κ1) is 22.7. The van der Waals surface area contributed by atoms with E-state index in [4.69, 9.17) is 0 Å². The van der Waals surface area contributed by atoms with E-state index >= 15 is 0 Å². The molecule has 0 radical (unpaired) electrons. The van der Waals surface area contributed by atoms with Crippen molar-refractivity contribution in [3.63, 3.8) is 0 Å². The minimum atomic E-state index is -0.267. The number of pyridine rings is 2. The molecule has 3 aromatic heterocycles. The summed E-state index contributed by atoms with van der Waals surface area (Å²) >= 11 is 1.01. The smallest absolute Gasteiger partial charge is 0.322 e. The van der Waals surface area contributed by atoms with Crippen LogP contribution in [0.25, 0.3) is 0 Å². The monoisotopic (exact) mass is 506 g/mol. The number of carbonyl (C=O) groups is 2. The van der Waals surface area contributed by atoms with Crippen molar-refractivity contribution in [2.24, 2.45) is 5.92 Å². The molecule has 2 saturated heterocycles. The van der Waals surface area contributed by atoms with Gasteiger partial charge in [-0.3, -0.25) is 14.9 Å². The molecule has 0 spiro atoms. The topological polar surface area (TPSA) is 117 Å². The third kappa shape index (κ3) is 4.21. The van der Waals surface area contributed by atoms with Crippen LogP contribution in [-0.2, 0) is 6.54 Å². The van der Waals surface area contributed by atoms with Crippen molar-refractivity contribution in [2.75, 3.05) is 49.5 Å². The molecular weight excluding hydrogens is 480 g/mol. The predicted molar refractivity (Wildman–Crippen MR) is 134 cm³/mol. The van der Waals surface area contributed by atoms with Crippen molar-refractivity contribution in [1.82, 2.24) is 28.9 Å². The van der Waals surface area contributed by atoms with Crippen LogP contribution >= 0.6 is 11.5 Å². The Balaban J connectivity index is 1.10. The number of nitrogens with one attached hydrogen (secondary N) is 1. The normalized spacial score (nSPS) is 21.2. The molecule has 2 fully saturated rings. The van der Waals surface area contributed by atoms with Crippen molar-refractivity contribution in [3.8, 4) is 0 Å². The third-order valence-electron chi connectivity index (χ3n) is 7.22. The maximum absolute atomic E-state index is 13.2. The summed E-state index contributed by atoms with van der Waals surface area (Å²) in [6.07, 6.45) is 2.72. The summed E-state index contributed by atoms with van der Waals surface area (Å²) in [5.74, 6) is 1.00. The predicted octanol–water partition coefficient (Wildman–Crippen LogP) is 1.71. The van der Waals surface area contributed by atoms with Crippen LogP contribution in [0.5, 0.6) is 0 Å². The molecule has 3 aliphatic rings. The van der Waals surface area contributed by atoms with Crippen LogP contribution < -0.4 is 15.8 Å². The van der Waals surface area contributed by atoms with Crippen LogP contribution in [0.15, 0.2) is 47.4 Å². The van der Waals surface area contributed by atoms with Crippen molar-refractivity contribution in [3.05, 3.63) is 64.3 Å². The van der Waals surface area contributed by atoms with E-state index in [2.05, 4.69) is 24.8 Å². The average molecular weight is 507 g/mol. The summed E-state index contributed by atoms with van der Waals surface area (Å²) < 4.78 is 5.79. The summed E-state index contributed by atoms with van der Waals surface area (Å²) in [6, 6.07) is 10.9. The Morgan fingerprint density at radius 3 is 2.64 bits per heavy atom. The minimum Gasteiger partial charge on any atom is -0.353 e. The molecule has 0 unspecified atom stereocenters. The lowest BCUT2D eigenvalue weighted by molar-refractivity contribution is 0.0741. The second-order valence-corrected chi connectivity index (χ2v) is 10.2. The van der Waals surface area contributed by atoms with Crippen molar-refractivity contribution in [2.45, 2.75) is 18.9 Å². The van der Waals surface area contributed by atoms with Crippen molar-refractivity contribution >= 4 is 34.3 Å². The highest BCUT2D eigenvalue weighted by molar-refractivity contribution is 7.10. The van der Waals surface area contributed by atoms with Gasteiger partial charge < -0.3 is 19.3 Å². The quantitative estimate of drug-likeness (QED) is 0.575. The number of nitrogens with zero attached hydrogens (tertiary/aromatic N) is 7. The molecule has 3 aromatic rings. The number of aromatic nitrogens is 4. The number of fused-ring (bicyclic) bond motifs is 4. The van der Waals surface area contributed by atoms with Gasteiger partial charge in [-0.05, 0) is 30.5 Å². The number of hydrogen-bond donors (Lipinski definition) is 1. The van der Waals surface area contributed by atoms with Gasteiger partial charge in [-0.1, -0.05) is 16.6 Å². The highest BCUT2D eigenvalue weighted by Gasteiger charge is 2.37. The van der Waals surface area contributed by atoms with Crippen molar-refractivity contribution < 1.29 is 9.59 Å². The average Bonchev–Trinajstić information content (AvgIpc) is 3.37. The van der Waals surface area contributed by atoms with Crippen LogP contribution in [0.3, 0.4) is 0 Å². The summed E-state index contributed by atoms with van der Waals surface area (Å²) in [4.78, 5) is 48.7. The third-order valence-corrected chi connectivity index (χ3v) is 7.86. The van der Waals surface area contributed by atoms with E-state index < -0.39 is 0 Å². The number of carbonyl (C=O) groups excluding carboxylic acids is 2. The lowest BCUT2D eigenvalue weighted by Crippen LogP contribution is -2.50. The number of likely N-dealkylation sites (tertiary alicyclic amines) is 1. The molecule has 1 N–H and O–H groups in total. The summed E-state index contributed by atoms with van der Waals surface area (Å²) in [7, 11) is 0. The zero-order chi connectivity index (χ0) is 24.6. The summed E-state index contributed by atoms with van der Waals surface area (Å²) in [5.41, 5.74) is 1.17. The van der Waals surface area contributed by atoms with Crippen LogP contribution in [0.2, 0.25) is 0 Å². The van der Waals surface area contributed by atoms with Crippen LogP contribution in [0, 0.1) is 5.92 Å². The standard InChI is InChI=1S/C24H26N8O3S/c33-20-6-3-4-18-17-12-16(14-32(18)20)13-31(15-17)24(35)26-22-21(27-28-36-22)23(34)30-10-8-29(9-11-30)19-5-1-2-7-25-19/h1-7,16-17H,8-15H2,(H,26,35)/t16-,17-/m0/s1. The number of amides is 3. The molecule has 2 bridgehead atoms. The Hall–Kier alpha value is -3.80. The van der Waals surface area contributed by atoms with Gasteiger partial charge in [0.25, 0.3) is 11.5 Å². The molecule has 0 saturated carbocycles. The zero-order valence-electron chi connectivity index (χ0n) is 19.6. The molecule has 36 heavy (non-hydrogen) atoms. The van der Waals surface area contributed by atoms with Crippen molar-refractivity contribution in [1.29, 1.82) is 0 Å². The first-order valence-corrected chi connectivity index (χ1v) is 12.9.